The molecule has 0 spiro atoms. The maximum atomic E-state index is 6.07. The lowest BCUT2D eigenvalue weighted by Gasteiger charge is -2.35. The van der Waals surface area contributed by atoms with E-state index in [4.69, 9.17) is 17.3 Å². The van der Waals surface area contributed by atoms with Gasteiger partial charge in [-0.2, -0.15) is 0 Å². The molecule has 0 fully saturated rings. The maximum absolute atomic E-state index is 6.07. The molecule has 0 bridgehead atoms. The van der Waals surface area contributed by atoms with Crippen LogP contribution >= 0.6 is 22.9 Å². The van der Waals surface area contributed by atoms with Gasteiger partial charge in [0, 0.05) is 35.6 Å². The average molecular weight is 307 g/mol. The quantitative estimate of drug-likeness (QED) is 0.935. The molecule has 3 rings (SSSR count). The van der Waals surface area contributed by atoms with Gasteiger partial charge in [0.25, 0.3) is 0 Å². The lowest BCUT2D eigenvalue weighted by molar-refractivity contribution is 0.184. The Morgan fingerprint density at radius 1 is 1.40 bits per heavy atom. The van der Waals surface area contributed by atoms with Crippen molar-refractivity contribution >= 4 is 22.9 Å². The van der Waals surface area contributed by atoms with Crippen LogP contribution in [0.2, 0.25) is 5.02 Å². The topological polar surface area (TPSA) is 29.3 Å². The molecule has 2 N–H and O–H groups in total. The fraction of sp³-hybridized carbons (Fsp3) is 0.375. The minimum absolute atomic E-state index is 0.278. The van der Waals surface area contributed by atoms with E-state index in [0.717, 1.165) is 24.5 Å². The van der Waals surface area contributed by atoms with Gasteiger partial charge >= 0.3 is 0 Å². The third kappa shape index (κ3) is 2.63. The van der Waals surface area contributed by atoms with E-state index in [1.807, 2.05) is 23.5 Å². The first-order chi connectivity index (χ1) is 9.69. The lowest BCUT2D eigenvalue weighted by Crippen LogP contribution is -2.37. The summed E-state index contributed by atoms with van der Waals surface area (Å²) in [5, 5.41) is 2.99. The Morgan fingerprint density at radius 2 is 2.25 bits per heavy atom. The summed E-state index contributed by atoms with van der Waals surface area (Å²) < 4.78 is 0. The van der Waals surface area contributed by atoms with Gasteiger partial charge in [-0.1, -0.05) is 17.7 Å². The summed E-state index contributed by atoms with van der Waals surface area (Å²) in [6.45, 7) is 4.84. The van der Waals surface area contributed by atoms with E-state index in [1.54, 1.807) is 0 Å². The Morgan fingerprint density at radius 3 is 3.00 bits per heavy atom. The molecule has 1 aliphatic rings. The Kier molecular flexibility index (Phi) is 4.13. The van der Waals surface area contributed by atoms with Gasteiger partial charge in [-0.3, -0.25) is 4.90 Å². The summed E-state index contributed by atoms with van der Waals surface area (Å²) in [6.07, 6.45) is 1.14. The first-order valence-electron chi connectivity index (χ1n) is 6.94. The lowest BCUT2D eigenvalue weighted by atomic mass is 9.97. The number of nitrogens with two attached hydrogens (primary N) is 1. The second kappa shape index (κ2) is 5.86. The first kappa shape index (κ1) is 14.1. The predicted molar refractivity (Wildman–Crippen MR) is 86.4 cm³/mol. The molecule has 0 saturated heterocycles. The van der Waals surface area contributed by atoms with Gasteiger partial charge in [0.1, 0.15) is 0 Å². The monoisotopic (exact) mass is 306 g/mol. The molecule has 1 unspecified atom stereocenters. The van der Waals surface area contributed by atoms with E-state index in [9.17, 15) is 0 Å². The van der Waals surface area contributed by atoms with Crippen LogP contribution in [0.3, 0.4) is 0 Å². The van der Waals surface area contributed by atoms with Crippen molar-refractivity contribution in [1.82, 2.24) is 4.90 Å². The van der Waals surface area contributed by atoms with Crippen LogP contribution in [0.5, 0.6) is 0 Å². The highest BCUT2D eigenvalue weighted by atomic mass is 35.5. The second-order valence-electron chi connectivity index (χ2n) is 5.34. The molecule has 0 radical (unpaired) electrons. The predicted octanol–water partition coefficient (Wildman–Crippen LogP) is 3.77. The fourth-order valence-electron chi connectivity index (χ4n) is 3.02. The molecule has 2 nitrogen and oxygen atoms in total. The van der Waals surface area contributed by atoms with Crippen molar-refractivity contribution in [2.75, 3.05) is 13.1 Å². The van der Waals surface area contributed by atoms with Crippen LogP contribution in [0.4, 0.5) is 0 Å². The van der Waals surface area contributed by atoms with Crippen LogP contribution in [0.15, 0.2) is 29.6 Å². The molecule has 0 amide bonds. The van der Waals surface area contributed by atoms with Crippen molar-refractivity contribution in [3.8, 4) is 0 Å². The molecule has 20 heavy (non-hydrogen) atoms. The molecular formula is C16H19ClN2S. The fourth-order valence-corrected chi connectivity index (χ4v) is 4.14. The van der Waals surface area contributed by atoms with E-state index < -0.39 is 0 Å². The van der Waals surface area contributed by atoms with Gasteiger partial charge in [0.2, 0.25) is 0 Å². The molecular weight excluding hydrogens is 288 g/mol. The highest BCUT2D eigenvalue weighted by Gasteiger charge is 2.25. The van der Waals surface area contributed by atoms with E-state index in [1.165, 1.54) is 21.6 Å². The highest BCUT2D eigenvalue weighted by molar-refractivity contribution is 7.10. The Bertz CT molecular complexity index is 608. The maximum Gasteiger partial charge on any atom is 0.0476 e. The van der Waals surface area contributed by atoms with Crippen molar-refractivity contribution in [1.29, 1.82) is 0 Å². The number of fused-ring (bicyclic) bond motifs is 1. The van der Waals surface area contributed by atoms with Crippen LogP contribution < -0.4 is 5.73 Å². The second-order valence-corrected chi connectivity index (χ2v) is 6.78. The minimum Gasteiger partial charge on any atom is -0.329 e. The molecule has 1 aromatic heterocycles. The molecule has 4 heteroatoms. The zero-order valence-corrected chi connectivity index (χ0v) is 13.2. The Hall–Kier alpha value is -0.870. The molecule has 1 aromatic carbocycles. The van der Waals surface area contributed by atoms with E-state index in [-0.39, 0.29) is 6.04 Å². The number of rotatable bonds is 3. The van der Waals surface area contributed by atoms with E-state index in [2.05, 4.69) is 29.3 Å². The summed E-state index contributed by atoms with van der Waals surface area (Å²) in [7, 11) is 0. The van der Waals surface area contributed by atoms with Crippen LogP contribution in [-0.4, -0.2) is 18.0 Å². The van der Waals surface area contributed by atoms with Gasteiger partial charge in [0.05, 0.1) is 0 Å². The Labute approximate surface area is 129 Å². The summed E-state index contributed by atoms with van der Waals surface area (Å²) in [5.41, 5.74) is 10.1. The van der Waals surface area contributed by atoms with Crippen molar-refractivity contribution in [3.05, 3.63) is 56.2 Å². The normalized spacial score (nSPS) is 16.9. The molecule has 0 saturated carbocycles. The van der Waals surface area contributed by atoms with E-state index in [0.29, 0.717) is 6.54 Å². The SMILES string of the molecule is Cc1cc(Cl)ccc1C(CN)N1CCc2sccc2C1. The number of nitrogens with zero attached hydrogens (tertiary/aromatic N) is 1. The van der Waals surface area contributed by atoms with Crippen LogP contribution in [-0.2, 0) is 13.0 Å². The van der Waals surface area contributed by atoms with Gasteiger partial charge < -0.3 is 5.73 Å². The Balaban J connectivity index is 1.87. The molecule has 2 heterocycles. The number of halogens is 1. The number of aryl methyl sites for hydroxylation is 1. The molecule has 1 aliphatic heterocycles. The standard InChI is InChI=1S/C16H19ClN2S/c1-11-8-13(17)2-3-14(11)15(9-18)19-6-4-16-12(10-19)5-7-20-16/h2-3,5,7-8,15H,4,6,9-10,18H2,1H3. The van der Waals surface area contributed by atoms with Crippen LogP contribution in [0.25, 0.3) is 0 Å². The third-order valence-electron chi connectivity index (χ3n) is 4.09. The number of benzene rings is 1. The average Bonchev–Trinajstić information content (AvgIpc) is 2.89. The summed E-state index contributed by atoms with van der Waals surface area (Å²) in [4.78, 5) is 4.02. The number of hydrogen-bond acceptors (Lipinski definition) is 3. The zero-order valence-electron chi connectivity index (χ0n) is 11.6. The van der Waals surface area contributed by atoms with Gasteiger partial charge in [0.15, 0.2) is 0 Å². The number of thiophene rings is 1. The van der Waals surface area contributed by atoms with Crippen LogP contribution in [0, 0.1) is 6.92 Å². The molecule has 0 aliphatic carbocycles. The summed E-state index contributed by atoms with van der Waals surface area (Å²) in [5.74, 6) is 0. The van der Waals surface area contributed by atoms with Gasteiger partial charge in [-0.15, -0.1) is 11.3 Å². The molecule has 106 valence electrons. The van der Waals surface area contributed by atoms with Crippen molar-refractivity contribution in [3.63, 3.8) is 0 Å². The number of hydrogen-bond donors (Lipinski definition) is 1. The van der Waals surface area contributed by atoms with Crippen molar-refractivity contribution in [2.45, 2.75) is 25.9 Å². The van der Waals surface area contributed by atoms with Crippen LogP contribution in [0.1, 0.15) is 27.6 Å². The summed E-state index contributed by atoms with van der Waals surface area (Å²) in [6, 6.07) is 8.64. The van der Waals surface area contributed by atoms with Crippen molar-refractivity contribution < 1.29 is 0 Å². The van der Waals surface area contributed by atoms with Gasteiger partial charge in [-0.05, 0) is 53.6 Å². The molecule has 1 atom stereocenters. The minimum atomic E-state index is 0.278. The van der Waals surface area contributed by atoms with Crippen molar-refractivity contribution in [2.24, 2.45) is 5.73 Å². The van der Waals surface area contributed by atoms with E-state index >= 15 is 0 Å². The first-order valence-corrected chi connectivity index (χ1v) is 8.20. The largest absolute Gasteiger partial charge is 0.329 e. The van der Waals surface area contributed by atoms with Gasteiger partial charge in [-0.25, -0.2) is 0 Å². The third-order valence-corrected chi connectivity index (χ3v) is 5.35. The molecule has 2 aromatic rings. The smallest absolute Gasteiger partial charge is 0.0476 e. The zero-order chi connectivity index (χ0) is 14.1. The highest BCUT2D eigenvalue weighted by Crippen LogP contribution is 2.31. The summed E-state index contributed by atoms with van der Waals surface area (Å²) >= 11 is 7.93.